The van der Waals surface area contributed by atoms with Crippen LogP contribution >= 0.6 is 15.9 Å². The molecule has 150 valence electrons. The third-order valence-corrected chi connectivity index (χ3v) is 9.16. The molecule has 0 aromatic rings. The van der Waals surface area contributed by atoms with E-state index >= 15 is 0 Å². The Morgan fingerprint density at radius 3 is 2.59 bits per heavy atom. The Balaban J connectivity index is 1.60. The first-order valence-corrected chi connectivity index (χ1v) is 11.7. The quantitative estimate of drug-likeness (QED) is 0.511. The Morgan fingerprint density at radius 2 is 1.89 bits per heavy atom. The molecule has 3 unspecified atom stereocenters. The van der Waals surface area contributed by atoms with Crippen LogP contribution in [0.2, 0.25) is 0 Å². The largest absolute Gasteiger partial charge is 0.351 e. The lowest BCUT2D eigenvalue weighted by atomic mass is 9.48. The summed E-state index contributed by atoms with van der Waals surface area (Å²) >= 11 is 3.74. The summed E-state index contributed by atoms with van der Waals surface area (Å²) in [6.07, 6.45) is 13.4. The normalized spacial score (nSPS) is 43.8. The highest BCUT2D eigenvalue weighted by Crippen LogP contribution is 2.66. The Hall–Kier alpha value is -0.570. The zero-order valence-electron chi connectivity index (χ0n) is 17.7. The monoisotopic (exact) mass is 433 g/mol. The number of carbonyl (C=O) groups excluding carboxylic acids is 1. The number of allylic oxidation sites excluding steroid dienone is 4. The lowest BCUT2D eigenvalue weighted by molar-refractivity contribution is -0.133. The van der Waals surface area contributed by atoms with E-state index in [1.807, 2.05) is 0 Å². The molecule has 4 aliphatic carbocycles. The van der Waals surface area contributed by atoms with Gasteiger partial charge in [0, 0.05) is 11.5 Å². The fraction of sp³-hybridized carbons (Fsp3) is 0.792. The van der Waals surface area contributed by atoms with Gasteiger partial charge in [-0.3, -0.25) is 4.79 Å². The van der Waals surface area contributed by atoms with E-state index in [-0.39, 0.29) is 16.9 Å². The molecule has 0 aromatic carbocycles. The van der Waals surface area contributed by atoms with Crippen molar-refractivity contribution in [2.75, 3.05) is 0 Å². The van der Waals surface area contributed by atoms with Gasteiger partial charge in [0.1, 0.15) is 0 Å². The van der Waals surface area contributed by atoms with Crippen LogP contribution in [0.15, 0.2) is 22.2 Å². The van der Waals surface area contributed by atoms with Crippen molar-refractivity contribution in [3.63, 3.8) is 0 Å². The van der Waals surface area contributed by atoms with E-state index in [2.05, 4.69) is 68.0 Å². The molecule has 2 fully saturated rings. The van der Waals surface area contributed by atoms with Crippen LogP contribution in [-0.4, -0.2) is 11.4 Å². The van der Waals surface area contributed by atoms with Crippen LogP contribution in [0.3, 0.4) is 0 Å². The summed E-state index contributed by atoms with van der Waals surface area (Å²) in [5.41, 5.74) is 1.96. The minimum absolute atomic E-state index is 0.138. The van der Waals surface area contributed by atoms with Crippen LogP contribution in [0, 0.1) is 34.5 Å². The van der Waals surface area contributed by atoms with E-state index in [1.165, 1.54) is 43.0 Å². The number of amides is 1. The third kappa shape index (κ3) is 3.16. The zero-order chi connectivity index (χ0) is 19.6. The molecular weight excluding hydrogens is 398 g/mol. The lowest BCUT2D eigenvalue weighted by Gasteiger charge is -2.57. The molecule has 2 nitrogen and oxygen atoms in total. The van der Waals surface area contributed by atoms with Crippen molar-refractivity contribution < 1.29 is 4.79 Å². The highest BCUT2D eigenvalue weighted by atomic mass is 79.9. The van der Waals surface area contributed by atoms with Crippen LogP contribution < -0.4 is 5.32 Å². The van der Waals surface area contributed by atoms with Crippen LogP contribution in [0.4, 0.5) is 0 Å². The van der Waals surface area contributed by atoms with Gasteiger partial charge in [0.15, 0.2) is 0 Å². The lowest BCUT2D eigenvalue weighted by Crippen LogP contribution is -2.52. The smallest absolute Gasteiger partial charge is 0.224 e. The Morgan fingerprint density at radius 1 is 1.15 bits per heavy atom. The molecule has 0 spiro atoms. The predicted octanol–water partition coefficient (Wildman–Crippen LogP) is 6.37. The number of carbonyl (C=O) groups is 1. The van der Waals surface area contributed by atoms with Crippen molar-refractivity contribution in [2.45, 2.75) is 85.1 Å². The van der Waals surface area contributed by atoms with Gasteiger partial charge in [-0.05, 0) is 110 Å². The molecule has 6 atom stereocenters. The highest BCUT2D eigenvalue weighted by molar-refractivity contribution is 9.11. The van der Waals surface area contributed by atoms with E-state index in [4.69, 9.17) is 0 Å². The molecular formula is C24H36BrNO. The summed E-state index contributed by atoms with van der Waals surface area (Å²) in [5, 5.41) is 3.29. The minimum Gasteiger partial charge on any atom is -0.351 e. The molecule has 3 heteroatoms. The first kappa shape index (κ1) is 19.7. The predicted molar refractivity (Wildman–Crippen MR) is 115 cm³/mol. The topological polar surface area (TPSA) is 29.1 Å². The number of fused-ring (bicyclic) bond motifs is 5. The summed E-state index contributed by atoms with van der Waals surface area (Å²) < 4.78 is 1.37. The van der Waals surface area contributed by atoms with Crippen molar-refractivity contribution in [2.24, 2.45) is 34.5 Å². The fourth-order valence-corrected chi connectivity index (χ4v) is 7.62. The summed E-state index contributed by atoms with van der Waals surface area (Å²) in [7, 11) is 0. The van der Waals surface area contributed by atoms with Crippen LogP contribution in [0.5, 0.6) is 0 Å². The third-order valence-electron chi connectivity index (χ3n) is 8.53. The fourth-order valence-electron chi connectivity index (χ4n) is 7.18. The molecule has 1 N–H and O–H groups in total. The van der Waals surface area contributed by atoms with Gasteiger partial charge in [0.05, 0.1) is 0 Å². The van der Waals surface area contributed by atoms with Crippen LogP contribution in [-0.2, 0) is 4.79 Å². The van der Waals surface area contributed by atoms with Crippen molar-refractivity contribution in [1.82, 2.24) is 5.32 Å². The first-order chi connectivity index (χ1) is 12.5. The average molecular weight is 434 g/mol. The molecule has 0 heterocycles. The maximum atomic E-state index is 13.1. The summed E-state index contributed by atoms with van der Waals surface area (Å²) in [6, 6.07) is 0. The van der Waals surface area contributed by atoms with E-state index in [0.29, 0.717) is 17.2 Å². The van der Waals surface area contributed by atoms with Gasteiger partial charge >= 0.3 is 0 Å². The second kappa shape index (κ2) is 6.47. The van der Waals surface area contributed by atoms with Crippen molar-refractivity contribution in [1.29, 1.82) is 0 Å². The maximum absolute atomic E-state index is 13.1. The molecule has 1 amide bonds. The van der Waals surface area contributed by atoms with E-state index in [9.17, 15) is 4.79 Å². The molecule has 0 aliphatic heterocycles. The molecule has 0 bridgehead atoms. The number of hydrogen-bond acceptors (Lipinski definition) is 1. The number of rotatable bonds is 1. The summed E-state index contributed by atoms with van der Waals surface area (Å²) in [5.74, 6) is 2.75. The molecule has 27 heavy (non-hydrogen) atoms. The summed E-state index contributed by atoms with van der Waals surface area (Å²) in [4.78, 5) is 13.1. The molecule has 0 aromatic heterocycles. The van der Waals surface area contributed by atoms with Gasteiger partial charge in [-0.15, -0.1) is 0 Å². The standard InChI is InChI=1S/C24H36BrNO/c1-22(2,3)26-21(27)20-9-8-18-17-7-6-15-14-16(25)10-12-23(15,4)19(17)11-13-24(18,20)5/h6,14,17-20H,7-13H2,1-5H3,(H,26,27)/t17?,18?,19?,20-,23+,24+/m1/s1. The second-order valence-corrected chi connectivity index (χ2v) is 12.2. The minimum atomic E-state index is -0.138. The number of hydrogen-bond donors (Lipinski definition) is 1. The second-order valence-electron chi connectivity index (χ2n) is 11.2. The average Bonchev–Trinajstić information content (AvgIpc) is 2.91. The van der Waals surface area contributed by atoms with Gasteiger partial charge in [-0.1, -0.05) is 35.9 Å². The Labute approximate surface area is 173 Å². The van der Waals surface area contributed by atoms with Gasteiger partial charge in [-0.25, -0.2) is 0 Å². The Bertz CT molecular complexity index is 702. The van der Waals surface area contributed by atoms with E-state index < -0.39 is 0 Å². The van der Waals surface area contributed by atoms with Gasteiger partial charge < -0.3 is 5.32 Å². The van der Waals surface area contributed by atoms with Crippen molar-refractivity contribution in [3.05, 3.63) is 22.2 Å². The van der Waals surface area contributed by atoms with Crippen molar-refractivity contribution >= 4 is 21.8 Å². The molecule has 2 saturated carbocycles. The van der Waals surface area contributed by atoms with Crippen LogP contribution in [0.1, 0.15) is 79.6 Å². The van der Waals surface area contributed by atoms with E-state index in [0.717, 1.165) is 18.3 Å². The van der Waals surface area contributed by atoms with Gasteiger partial charge in [0.25, 0.3) is 0 Å². The molecule has 0 saturated heterocycles. The van der Waals surface area contributed by atoms with E-state index in [1.54, 1.807) is 5.57 Å². The van der Waals surface area contributed by atoms with Gasteiger partial charge in [0.2, 0.25) is 5.91 Å². The van der Waals surface area contributed by atoms with Crippen LogP contribution in [0.25, 0.3) is 0 Å². The molecule has 0 radical (unpaired) electrons. The SMILES string of the molecule is CC(C)(C)NC(=O)[C@H]1CCC2C3CC=C4C=C(Br)CC[C@]4(C)C3CC[C@@]21C. The molecule has 4 rings (SSSR count). The van der Waals surface area contributed by atoms with Gasteiger partial charge in [-0.2, -0.15) is 0 Å². The maximum Gasteiger partial charge on any atom is 0.224 e. The Kier molecular flexibility index (Phi) is 4.73. The molecule has 4 aliphatic rings. The van der Waals surface area contributed by atoms with Crippen molar-refractivity contribution in [3.8, 4) is 0 Å². The summed E-state index contributed by atoms with van der Waals surface area (Å²) in [6.45, 7) is 11.2. The number of halogens is 1. The number of nitrogens with one attached hydrogen (secondary N) is 1. The zero-order valence-corrected chi connectivity index (χ0v) is 19.3. The highest BCUT2D eigenvalue weighted by Gasteiger charge is 2.59. The first-order valence-electron chi connectivity index (χ1n) is 10.9.